The van der Waals surface area contributed by atoms with Crippen molar-refractivity contribution in [3.8, 4) is 0 Å². The average Bonchev–Trinajstić information content (AvgIpc) is 2.36. The summed E-state index contributed by atoms with van der Waals surface area (Å²) in [6.45, 7) is 1.89. The number of benzene rings is 1. The molecule has 0 radical (unpaired) electrons. The first kappa shape index (κ1) is 12.9. The molecule has 0 amide bonds. The zero-order valence-corrected chi connectivity index (χ0v) is 9.97. The van der Waals surface area contributed by atoms with Gasteiger partial charge in [-0.25, -0.2) is 0 Å². The monoisotopic (exact) mass is 222 g/mol. The molecule has 16 heavy (non-hydrogen) atoms. The fourth-order valence-electron chi connectivity index (χ4n) is 1.66. The number of rotatable bonds is 6. The van der Waals surface area contributed by atoms with Crippen LogP contribution < -0.4 is 0 Å². The van der Waals surface area contributed by atoms with E-state index in [1.807, 2.05) is 37.3 Å². The van der Waals surface area contributed by atoms with E-state index in [4.69, 9.17) is 9.47 Å². The van der Waals surface area contributed by atoms with Crippen LogP contribution in [0.25, 0.3) is 0 Å². The molecule has 1 atom stereocenters. The third-order valence-electron chi connectivity index (χ3n) is 2.81. The van der Waals surface area contributed by atoms with E-state index in [0.717, 1.165) is 11.8 Å². The van der Waals surface area contributed by atoms with E-state index in [2.05, 4.69) is 0 Å². The fourth-order valence-corrected chi connectivity index (χ4v) is 1.66. The first-order valence-corrected chi connectivity index (χ1v) is 5.23. The van der Waals surface area contributed by atoms with E-state index < -0.39 is 5.41 Å². The van der Waals surface area contributed by atoms with Crippen LogP contribution in [0.1, 0.15) is 18.9 Å². The number of aldehydes is 1. The third-order valence-corrected chi connectivity index (χ3v) is 2.81. The minimum absolute atomic E-state index is 0.365. The van der Waals surface area contributed by atoms with E-state index in [1.165, 1.54) is 0 Å². The lowest BCUT2D eigenvalue weighted by atomic mass is 9.81. The average molecular weight is 222 g/mol. The van der Waals surface area contributed by atoms with Gasteiger partial charge in [0.25, 0.3) is 0 Å². The molecule has 3 nitrogen and oxygen atoms in total. The van der Waals surface area contributed by atoms with Crippen LogP contribution in [0.2, 0.25) is 0 Å². The SMILES string of the molecule is COC(CC(C)(C=O)c1ccccc1)OC. The standard InChI is InChI=1S/C13H18O3/c1-13(10-14,9-12(15-2)16-3)11-7-5-4-6-8-11/h4-8,10,12H,9H2,1-3H3. The molecule has 0 N–H and O–H groups in total. The molecule has 0 aliphatic heterocycles. The van der Waals surface area contributed by atoms with Gasteiger partial charge >= 0.3 is 0 Å². The lowest BCUT2D eigenvalue weighted by Crippen LogP contribution is -2.31. The first-order chi connectivity index (χ1) is 7.66. The number of carbonyl (C=O) groups is 1. The van der Waals surface area contributed by atoms with Gasteiger partial charge in [0, 0.05) is 20.6 Å². The van der Waals surface area contributed by atoms with Gasteiger partial charge in [0.2, 0.25) is 0 Å². The lowest BCUT2D eigenvalue weighted by Gasteiger charge is -2.27. The van der Waals surface area contributed by atoms with Crippen LogP contribution in [-0.4, -0.2) is 26.8 Å². The van der Waals surface area contributed by atoms with E-state index in [1.54, 1.807) is 14.2 Å². The third kappa shape index (κ3) is 2.90. The Morgan fingerprint density at radius 2 is 1.81 bits per heavy atom. The lowest BCUT2D eigenvalue weighted by molar-refractivity contribution is -0.129. The van der Waals surface area contributed by atoms with Crippen molar-refractivity contribution in [2.24, 2.45) is 0 Å². The second-order valence-electron chi connectivity index (χ2n) is 4.01. The van der Waals surface area contributed by atoms with Crippen LogP contribution in [0.4, 0.5) is 0 Å². The summed E-state index contributed by atoms with van der Waals surface area (Å²) in [6.07, 6.45) is 1.09. The van der Waals surface area contributed by atoms with Gasteiger partial charge < -0.3 is 14.3 Å². The topological polar surface area (TPSA) is 35.5 Å². The van der Waals surface area contributed by atoms with Gasteiger partial charge in [-0.15, -0.1) is 0 Å². The normalized spacial score (nSPS) is 14.8. The zero-order chi connectivity index (χ0) is 12.0. The molecular formula is C13H18O3. The Morgan fingerprint density at radius 3 is 2.25 bits per heavy atom. The number of hydrogen-bond acceptors (Lipinski definition) is 3. The van der Waals surface area contributed by atoms with Crippen molar-refractivity contribution in [2.75, 3.05) is 14.2 Å². The van der Waals surface area contributed by atoms with Gasteiger partial charge in [0.05, 0.1) is 5.41 Å². The summed E-state index contributed by atoms with van der Waals surface area (Å²) >= 11 is 0. The molecule has 0 aliphatic carbocycles. The summed E-state index contributed by atoms with van der Waals surface area (Å²) in [6, 6.07) is 9.66. The van der Waals surface area contributed by atoms with Crippen molar-refractivity contribution in [2.45, 2.75) is 25.0 Å². The summed E-state index contributed by atoms with van der Waals surface area (Å²) in [4.78, 5) is 11.3. The Bertz CT molecular complexity index is 319. The molecule has 0 aromatic heterocycles. The maximum atomic E-state index is 11.3. The van der Waals surface area contributed by atoms with E-state index >= 15 is 0 Å². The summed E-state index contributed by atoms with van der Waals surface area (Å²) < 4.78 is 10.3. The Hall–Kier alpha value is -1.19. The van der Waals surface area contributed by atoms with Gasteiger partial charge in [-0.1, -0.05) is 30.3 Å². The smallest absolute Gasteiger partial charge is 0.158 e. The summed E-state index contributed by atoms with van der Waals surface area (Å²) in [5.41, 5.74) is 0.405. The maximum Gasteiger partial charge on any atom is 0.158 e. The molecular weight excluding hydrogens is 204 g/mol. The zero-order valence-electron chi connectivity index (χ0n) is 9.97. The number of ether oxygens (including phenoxy) is 2. The van der Waals surface area contributed by atoms with Crippen molar-refractivity contribution < 1.29 is 14.3 Å². The van der Waals surface area contributed by atoms with Gasteiger partial charge in [-0.3, -0.25) is 0 Å². The molecule has 88 valence electrons. The molecule has 1 unspecified atom stereocenters. The molecule has 0 fully saturated rings. The highest BCUT2D eigenvalue weighted by molar-refractivity contribution is 5.67. The van der Waals surface area contributed by atoms with Crippen molar-refractivity contribution in [3.63, 3.8) is 0 Å². The van der Waals surface area contributed by atoms with E-state index in [0.29, 0.717) is 6.42 Å². The molecule has 0 heterocycles. The second kappa shape index (κ2) is 5.77. The van der Waals surface area contributed by atoms with Crippen LogP contribution in [0.3, 0.4) is 0 Å². The van der Waals surface area contributed by atoms with Gasteiger partial charge in [0.15, 0.2) is 6.29 Å². The Labute approximate surface area is 96.4 Å². The summed E-state index contributed by atoms with van der Waals surface area (Å²) in [5.74, 6) is 0. The minimum Gasteiger partial charge on any atom is -0.356 e. The minimum atomic E-state index is -0.571. The highest BCUT2D eigenvalue weighted by Gasteiger charge is 2.29. The number of hydrogen-bond donors (Lipinski definition) is 0. The van der Waals surface area contributed by atoms with Crippen molar-refractivity contribution >= 4 is 6.29 Å². The van der Waals surface area contributed by atoms with Gasteiger partial charge in [-0.2, -0.15) is 0 Å². The molecule has 0 aliphatic rings. The van der Waals surface area contributed by atoms with Gasteiger partial charge in [-0.05, 0) is 12.5 Å². The number of methoxy groups -OCH3 is 2. The largest absolute Gasteiger partial charge is 0.356 e. The van der Waals surface area contributed by atoms with Crippen molar-refractivity contribution in [1.29, 1.82) is 0 Å². The Morgan fingerprint density at radius 1 is 1.25 bits per heavy atom. The molecule has 1 rings (SSSR count). The fraction of sp³-hybridized carbons (Fsp3) is 0.462. The van der Waals surface area contributed by atoms with Crippen LogP contribution in [0.5, 0.6) is 0 Å². The van der Waals surface area contributed by atoms with Crippen LogP contribution in [0, 0.1) is 0 Å². The molecule has 0 bridgehead atoms. The van der Waals surface area contributed by atoms with E-state index in [-0.39, 0.29) is 6.29 Å². The van der Waals surface area contributed by atoms with Crippen molar-refractivity contribution in [1.82, 2.24) is 0 Å². The highest BCUT2D eigenvalue weighted by Crippen LogP contribution is 2.27. The quantitative estimate of drug-likeness (QED) is 0.546. The first-order valence-electron chi connectivity index (χ1n) is 5.23. The second-order valence-corrected chi connectivity index (χ2v) is 4.01. The predicted octanol–water partition coefficient (Wildman–Crippen LogP) is 2.15. The van der Waals surface area contributed by atoms with E-state index in [9.17, 15) is 4.79 Å². The number of carbonyl (C=O) groups excluding carboxylic acids is 1. The van der Waals surface area contributed by atoms with Crippen LogP contribution >= 0.6 is 0 Å². The molecule has 0 spiro atoms. The molecule has 1 aromatic carbocycles. The Balaban J connectivity index is 2.89. The summed E-state index contributed by atoms with van der Waals surface area (Å²) in [7, 11) is 3.15. The molecule has 1 aromatic rings. The predicted molar refractivity (Wildman–Crippen MR) is 62.3 cm³/mol. The Kier molecular flexibility index (Phi) is 4.65. The van der Waals surface area contributed by atoms with Gasteiger partial charge in [0.1, 0.15) is 6.29 Å². The highest BCUT2D eigenvalue weighted by atomic mass is 16.7. The van der Waals surface area contributed by atoms with Crippen LogP contribution in [-0.2, 0) is 19.7 Å². The molecule has 0 saturated heterocycles. The maximum absolute atomic E-state index is 11.3. The van der Waals surface area contributed by atoms with Crippen LogP contribution in [0.15, 0.2) is 30.3 Å². The summed E-state index contributed by atoms with van der Waals surface area (Å²) in [5, 5.41) is 0. The molecule has 3 heteroatoms. The molecule has 0 saturated carbocycles. The van der Waals surface area contributed by atoms with Crippen molar-refractivity contribution in [3.05, 3.63) is 35.9 Å².